The fourth-order valence-corrected chi connectivity index (χ4v) is 4.91. The third kappa shape index (κ3) is 5.04. The maximum absolute atomic E-state index is 13.1. The summed E-state index contributed by atoms with van der Waals surface area (Å²) >= 11 is 0. The molecule has 0 spiro atoms. The Bertz CT molecular complexity index is 1180. The molecule has 0 saturated heterocycles. The van der Waals surface area contributed by atoms with Crippen LogP contribution >= 0.6 is 0 Å². The largest absolute Gasteiger partial charge is 0.493 e. The van der Waals surface area contributed by atoms with Crippen molar-refractivity contribution in [1.29, 1.82) is 0 Å². The number of carboxylic acid groups (broad SMARTS) is 1. The highest BCUT2D eigenvalue weighted by molar-refractivity contribution is 7.92. The molecule has 0 aromatic heterocycles. The molecule has 0 saturated carbocycles. The summed E-state index contributed by atoms with van der Waals surface area (Å²) in [6, 6.07) is 6.84. The zero-order valence-corrected chi connectivity index (χ0v) is 19.6. The Labute approximate surface area is 192 Å². The number of anilines is 2. The quantitative estimate of drug-likeness (QED) is 0.526. The van der Waals surface area contributed by atoms with Crippen molar-refractivity contribution in [3.8, 4) is 11.5 Å². The Morgan fingerprint density at radius 1 is 1.15 bits per heavy atom. The van der Waals surface area contributed by atoms with E-state index in [9.17, 15) is 23.1 Å². The summed E-state index contributed by atoms with van der Waals surface area (Å²) in [5.74, 6) is -1.16. The van der Waals surface area contributed by atoms with E-state index >= 15 is 0 Å². The van der Waals surface area contributed by atoms with Gasteiger partial charge in [-0.15, -0.1) is 0 Å². The Morgan fingerprint density at radius 3 is 2.48 bits per heavy atom. The standard InChI is InChI=1S/C22H26N2O8S/c1-13-9-15-10-16(5-6-19(15)24(13)14(2)25)33(28,29)23-18-12-21(32-8-7-30-3)20(31-4)11-17(18)22(26)27/h5-6,10-13,23H,7-9H2,1-4H3,(H,26,27). The molecule has 0 fully saturated rings. The summed E-state index contributed by atoms with van der Waals surface area (Å²) in [7, 11) is -1.29. The first-order chi connectivity index (χ1) is 15.6. The van der Waals surface area contributed by atoms with E-state index in [2.05, 4.69) is 4.72 Å². The van der Waals surface area contributed by atoms with Gasteiger partial charge in [-0.25, -0.2) is 13.2 Å². The van der Waals surface area contributed by atoms with Crippen LogP contribution in [0.1, 0.15) is 29.8 Å². The molecule has 1 unspecified atom stereocenters. The van der Waals surface area contributed by atoms with E-state index in [1.807, 2.05) is 6.92 Å². The van der Waals surface area contributed by atoms with Crippen LogP contribution in [0.15, 0.2) is 35.2 Å². The lowest BCUT2D eigenvalue weighted by atomic mass is 10.1. The number of benzene rings is 2. The van der Waals surface area contributed by atoms with Crippen LogP contribution in [0.2, 0.25) is 0 Å². The van der Waals surface area contributed by atoms with Gasteiger partial charge in [-0.2, -0.15) is 0 Å². The van der Waals surface area contributed by atoms with Crippen LogP contribution in [0.25, 0.3) is 0 Å². The van der Waals surface area contributed by atoms with Crippen LogP contribution in [-0.2, 0) is 26.0 Å². The topological polar surface area (TPSA) is 131 Å². The molecule has 2 aromatic rings. The van der Waals surface area contributed by atoms with Gasteiger partial charge in [-0.3, -0.25) is 9.52 Å². The molecule has 178 valence electrons. The average Bonchev–Trinajstić information content (AvgIpc) is 3.08. The molecule has 1 atom stereocenters. The average molecular weight is 479 g/mol. The van der Waals surface area contributed by atoms with Crippen molar-refractivity contribution < 1.29 is 37.3 Å². The molecular weight excluding hydrogens is 452 g/mol. The molecular formula is C22H26N2O8S. The number of ether oxygens (including phenoxy) is 3. The van der Waals surface area contributed by atoms with Gasteiger partial charge in [0, 0.05) is 37.9 Å². The van der Waals surface area contributed by atoms with Gasteiger partial charge in [-0.1, -0.05) is 0 Å². The first kappa shape index (κ1) is 24.3. The molecule has 2 aromatic carbocycles. The molecule has 10 nitrogen and oxygen atoms in total. The SMILES string of the molecule is COCCOc1cc(NS(=O)(=O)c2ccc3c(c2)CC(C)N3C(C)=O)c(C(=O)O)cc1OC. The second kappa shape index (κ2) is 9.67. The summed E-state index contributed by atoms with van der Waals surface area (Å²) in [5.41, 5.74) is 0.915. The Hall–Kier alpha value is -3.31. The van der Waals surface area contributed by atoms with Crippen LogP contribution in [-0.4, -0.2) is 58.9 Å². The first-order valence-electron chi connectivity index (χ1n) is 10.1. The Balaban J connectivity index is 1.98. The Kier molecular flexibility index (Phi) is 7.13. The van der Waals surface area contributed by atoms with E-state index in [1.54, 1.807) is 11.0 Å². The van der Waals surface area contributed by atoms with Gasteiger partial charge in [0.05, 0.1) is 29.9 Å². The fraction of sp³-hybridized carbons (Fsp3) is 0.364. The third-order valence-electron chi connectivity index (χ3n) is 5.24. The van der Waals surface area contributed by atoms with Crippen molar-refractivity contribution >= 4 is 33.3 Å². The smallest absolute Gasteiger partial charge is 0.337 e. The van der Waals surface area contributed by atoms with Gasteiger partial charge >= 0.3 is 5.97 Å². The zero-order chi connectivity index (χ0) is 24.3. The van der Waals surface area contributed by atoms with E-state index in [0.29, 0.717) is 12.1 Å². The van der Waals surface area contributed by atoms with Crippen molar-refractivity contribution in [3.63, 3.8) is 0 Å². The number of nitrogens with zero attached hydrogens (tertiary/aromatic N) is 1. The van der Waals surface area contributed by atoms with Gasteiger partial charge in [0.15, 0.2) is 11.5 Å². The fourth-order valence-electron chi connectivity index (χ4n) is 3.79. The van der Waals surface area contributed by atoms with Gasteiger partial charge in [0.25, 0.3) is 10.0 Å². The van der Waals surface area contributed by atoms with Crippen molar-refractivity contribution in [2.45, 2.75) is 31.2 Å². The molecule has 3 rings (SSSR count). The highest BCUT2D eigenvalue weighted by Crippen LogP contribution is 2.37. The van der Waals surface area contributed by atoms with Crippen LogP contribution in [0.5, 0.6) is 11.5 Å². The number of aromatic carboxylic acids is 1. The van der Waals surface area contributed by atoms with Crippen LogP contribution in [0.4, 0.5) is 11.4 Å². The van der Waals surface area contributed by atoms with Crippen LogP contribution in [0, 0.1) is 0 Å². The number of carbonyl (C=O) groups excluding carboxylic acids is 1. The predicted molar refractivity (Wildman–Crippen MR) is 121 cm³/mol. The van der Waals surface area contributed by atoms with E-state index < -0.39 is 16.0 Å². The van der Waals surface area contributed by atoms with Gasteiger partial charge in [0.1, 0.15) is 6.61 Å². The summed E-state index contributed by atoms with van der Waals surface area (Å²) in [6.45, 7) is 3.77. The van der Waals surface area contributed by atoms with E-state index in [4.69, 9.17) is 14.2 Å². The van der Waals surface area contributed by atoms with Gasteiger partial charge < -0.3 is 24.2 Å². The minimum atomic E-state index is -4.15. The first-order valence-corrected chi connectivity index (χ1v) is 11.6. The molecule has 1 aliphatic heterocycles. The molecule has 1 amide bonds. The number of hydrogen-bond acceptors (Lipinski definition) is 7. The molecule has 0 radical (unpaired) electrons. The zero-order valence-electron chi connectivity index (χ0n) is 18.7. The number of carboxylic acids is 1. The summed E-state index contributed by atoms with van der Waals surface area (Å²) in [5, 5.41) is 9.61. The highest BCUT2D eigenvalue weighted by atomic mass is 32.2. The lowest BCUT2D eigenvalue weighted by Crippen LogP contribution is -2.33. The van der Waals surface area contributed by atoms with Crippen LogP contribution in [0.3, 0.4) is 0 Å². The van der Waals surface area contributed by atoms with E-state index in [0.717, 1.165) is 5.56 Å². The summed E-state index contributed by atoms with van der Waals surface area (Å²) in [6.07, 6.45) is 0.513. The number of nitrogens with one attached hydrogen (secondary N) is 1. The number of carbonyl (C=O) groups is 2. The number of methoxy groups -OCH3 is 2. The minimum Gasteiger partial charge on any atom is -0.493 e. The molecule has 0 aliphatic carbocycles. The molecule has 1 aliphatic rings. The summed E-state index contributed by atoms with van der Waals surface area (Å²) in [4.78, 5) is 25.3. The maximum Gasteiger partial charge on any atom is 0.337 e. The lowest BCUT2D eigenvalue weighted by Gasteiger charge is -2.20. The second-order valence-corrected chi connectivity index (χ2v) is 9.22. The molecule has 11 heteroatoms. The van der Waals surface area contributed by atoms with Crippen molar-refractivity contribution in [2.24, 2.45) is 0 Å². The number of hydrogen-bond donors (Lipinski definition) is 2. The predicted octanol–water partition coefficient (Wildman–Crippen LogP) is 2.52. The normalized spacial score (nSPS) is 15.2. The maximum atomic E-state index is 13.1. The molecule has 1 heterocycles. The van der Waals surface area contributed by atoms with Gasteiger partial charge in [-0.05, 0) is 37.1 Å². The van der Waals surface area contributed by atoms with E-state index in [1.165, 1.54) is 45.4 Å². The molecule has 33 heavy (non-hydrogen) atoms. The minimum absolute atomic E-state index is 0.0483. The molecule has 0 bridgehead atoms. The van der Waals surface area contributed by atoms with Gasteiger partial charge in [0.2, 0.25) is 5.91 Å². The third-order valence-corrected chi connectivity index (χ3v) is 6.60. The number of rotatable bonds is 9. The lowest BCUT2D eigenvalue weighted by molar-refractivity contribution is -0.116. The monoisotopic (exact) mass is 478 g/mol. The van der Waals surface area contributed by atoms with Crippen molar-refractivity contribution in [3.05, 3.63) is 41.5 Å². The number of amides is 1. The Morgan fingerprint density at radius 2 is 1.88 bits per heavy atom. The van der Waals surface area contributed by atoms with Crippen LogP contribution < -0.4 is 19.1 Å². The van der Waals surface area contributed by atoms with E-state index in [-0.39, 0.29) is 52.8 Å². The number of sulfonamides is 1. The summed E-state index contributed by atoms with van der Waals surface area (Å²) < 4.78 is 44.3. The second-order valence-electron chi connectivity index (χ2n) is 7.53. The van der Waals surface area contributed by atoms with Crippen molar-refractivity contribution in [2.75, 3.05) is 37.1 Å². The number of fused-ring (bicyclic) bond motifs is 1. The molecule has 2 N–H and O–H groups in total. The highest BCUT2D eigenvalue weighted by Gasteiger charge is 2.30. The van der Waals surface area contributed by atoms with Crippen molar-refractivity contribution in [1.82, 2.24) is 0 Å².